The fourth-order valence-corrected chi connectivity index (χ4v) is 3.33. The number of nitrogens with zero attached hydrogens (tertiary/aromatic N) is 2. The Morgan fingerprint density at radius 3 is 2.71 bits per heavy atom. The number of benzene rings is 2. The highest BCUT2D eigenvalue weighted by molar-refractivity contribution is 7.07. The summed E-state index contributed by atoms with van der Waals surface area (Å²) in [5.41, 5.74) is 3.99. The van der Waals surface area contributed by atoms with Crippen LogP contribution in [-0.2, 0) is 13.2 Å². The molecule has 5 nitrogen and oxygen atoms in total. The summed E-state index contributed by atoms with van der Waals surface area (Å²) in [7, 11) is 0. The molecule has 0 atom stereocenters. The van der Waals surface area contributed by atoms with Gasteiger partial charge in [-0.05, 0) is 42.5 Å². The standard InChI is InChI=1S/C22H18N2O3S/c25-22(17-6-4-9-20(12-17)27-14-18-15-28-16-23-18)24(13-21-10-5-11-26-21)19-7-2-1-3-8-19/h1-12,15-16H,13-14H2. The lowest BCUT2D eigenvalue weighted by Gasteiger charge is -2.22. The van der Waals surface area contributed by atoms with Crippen molar-refractivity contribution in [2.24, 2.45) is 0 Å². The molecule has 140 valence electrons. The first-order valence-electron chi connectivity index (χ1n) is 8.79. The largest absolute Gasteiger partial charge is 0.487 e. The first-order valence-corrected chi connectivity index (χ1v) is 9.73. The van der Waals surface area contributed by atoms with E-state index in [1.54, 1.807) is 28.8 Å². The molecule has 0 spiro atoms. The van der Waals surface area contributed by atoms with Crippen molar-refractivity contribution in [1.29, 1.82) is 0 Å². The van der Waals surface area contributed by atoms with Gasteiger partial charge in [0, 0.05) is 16.6 Å². The van der Waals surface area contributed by atoms with Crippen LogP contribution in [0.2, 0.25) is 0 Å². The van der Waals surface area contributed by atoms with Crippen LogP contribution in [0.25, 0.3) is 0 Å². The Hall–Kier alpha value is -3.38. The highest BCUT2D eigenvalue weighted by Gasteiger charge is 2.19. The number of ether oxygens (including phenoxy) is 1. The number of rotatable bonds is 7. The minimum Gasteiger partial charge on any atom is -0.487 e. The molecule has 4 aromatic rings. The van der Waals surface area contributed by atoms with Crippen LogP contribution in [0.3, 0.4) is 0 Å². The number of anilines is 1. The highest BCUT2D eigenvalue weighted by atomic mass is 32.1. The summed E-state index contributed by atoms with van der Waals surface area (Å²) in [6.07, 6.45) is 1.61. The normalized spacial score (nSPS) is 10.6. The fraction of sp³-hybridized carbons (Fsp3) is 0.0909. The van der Waals surface area contributed by atoms with Gasteiger partial charge in [-0.25, -0.2) is 4.98 Å². The molecular formula is C22H18N2O3S. The Bertz CT molecular complexity index is 1020. The summed E-state index contributed by atoms with van der Waals surface area (Å²) < 4.78 is 11.2. The minimum atomic E-state index is -0.123. The molecular weight excluding hydrogens is 372 g/mol. The Morgan fingerprint density at radius 2 is 1.96 bits per heavy atom. The zero-order chi connectivity index (χ0) is 19.2. The summed E-state index contributed by atoms with van der Waals surface area (Å²) in [5, 5.41) is 1.94. The van der Waals surface area contributed by atoms with Crippen LogP contribution in [0.4, 0.5) is 5.69 Å². The van der Waals surface area contributed by atoms with Gasteiger partial charge in [-0.1, -0.05) is 24.3 Å². The number of aromatic nitrogens is 1. The van der Waals surface area contributed by atoms with E-state index in [9.17, 15) is 4.79 Å². The van der Waals surface area contributed by atoms with E-state index >= 15 is 0 Å². The molecule has 4 rings (SSSR count). The molecule has 0 saturated carbocycles. The molecule has 0 unspecified atom stereocenters. The third-order valence-electron chi connectivity index (χ3n) is 4.16. The van der Waals surface area contributed by atoms with E-state index in [1.807, 2.05) is 60.0 Å². The molecule has 2 aromatic heterocycles. The number of amides is 1. The maximum atomic E-state index is 13.3. The van der Waals surface area contributed by atoms with Gasteiger partial charge in [0.25, 0.3) is 5.91 Å². The molecule has 28 heavy (non-hydrogen) atoms. The maximum absolute atomic E-state index is 13.3. The Morgan fingerprint density at radius 1 is 1.07 bits per heavy atom. The third-order valence-corrected chi connectivity index (χ3v) is 4.79. The van der Waals surface area contributed by atoms with Crippen molar-refractivity contribution in [2.45, 2.75) is 13.2 Å². The average molecular weight is 390 g/mol. The number of hydrogen-bond acceptors (Lipinski definition) is 5. The predicted molar refractivity (Wildman–Crippen MR) is 109 cm³/mol. The molecule has 0 aliphatic rings. The average Bonchev–Trinajstić information content (AvgIpc) is 3.45. The molecule has 0 aliphatic heterocycles. The first kappa shape index (κ1) is 18.0. The molecule has 0 bridgehead atoms. The van der Waals surface area contributed by atoms with E-state index in [4.69, 9.17) is 9.15 Å². The molecule has 2 aromatic carbocycles. The van der Waals surface area contributed by atoms with Crippen molar-refractivity contribution >= 4 is 22.9 Å². The van der Waals surface area contributed by atoms with Gasteiger partial charge in [0.15, 0.2) is 0 Å². The molecule has 0 radical (unpaired) electrons. The molecule has 0 saturated heterocycles. The summed E-state index contributed by atoms with van der Waals surface area (Å²) in [6, 6.07) is 20.4. The van der Waals surface area contributed by atoms with Crippen LogP contribution < -0.4 is 9.64 Å². The lowest BCUT2D eigenvalue weighted by molar-refractivity contribution is 0.0982. The van der Waals surface area contributed by atoms with Gasteiger partial charge >= 0.3 is 0 Å². The van der Waals surface area contributed by atoms with E-state index in [1.165, 1.54) is 11.3 Å². The van der Waals surface area contributed by atoms with E-state index < -0.39 is 0 Å². The molecule has 2 heterocycles. The SMILES string of the molecule is O=C(c1cccc(OCc2cscn2)c1)N(Cc1ccco1)c1ccccc1. The molecule has 0 aliphatic carbocycles. The monoisotopic (exact) mass is 390 g/mol. The van der Waals surface area contributed by atoms with E-state index in [2.05, 4.69) is 4.98 Å². The van der Waals surface area contributed by atoms with Gasteiger partial charge in [-0.3, -0.25) is 4.79 Å². The zero-order valence-electron chi connectivity index (χ0n) is 15.0. The lowest BCUT2D eigenvalue weighted by Crippen LogP contribution is -2.30. The Kier molecular flexibility index (Phi) is 5.49. The van der Waals surface area contributed by atoms with Crippen molar-refractivity contribution < 1.29 is 13.9 Å². The van der Waals surface area contributed by atoms with Crippen molar-refractivity contribution in [3.05, 3.63) is 101 Å². The van der Waals surface area contributed by atoms with Crippen molar-refractivity contribution in [3.8, 4) is 5.75 Å². The van der Waals surface area contributed by atoms with Crippen LogP contribution in [0.1, 0.15) is 21.8 Å². The highest BCUT2D eigenvalue weighted by Crippen LogP contribution is 2.22. The third kappa shape index (κ3) is 4.29. The minimum absolute atomic E-state index is 0.123. The van der Waals surface area contributed by atoms with E-state index in [0.717, 1.165) is 11.4 Å². The topological polar surface area (TPSA) is 55.6 Å². The van der Waals surface area contributed by atoms with Crippen LogP contribution in [0.15, 0.2) is 88.3 Å². The van der Waals surface area contributed by atoms with Gasteiger partial charge in [0.2, 0.25) is 0 Å². The summed E-state index contributed by atoms with van der Waals surface area (Å²) in [6.45, 7) is 0.718. The second-order valence-electron chi connectivity index (χ2n) is 6.10. The van der Waals surface area contributed by atoms with Gasteiger partial charge in [0.1, 0.15) is 18.1 Å². The second kappa shape index (κ2) is 8.54. The van der Waals surface area contributed by atoms with Gasteiger partial charge in [-0.15, -0.1) is 11.3 Å². The van der Waals surface area contributed by atoms with Crippen LogP contribution in [0.5, 0.6) is 5.75 Å². The van der Waals surface area contributed by atoms with Crippen molar-refractivity contribution in [2.75, 3.05) is 4.90 Å². The number of thiazole rings is 1. The van der Waals surface area contributed by atoms with Gasteiger partial charge in [0.05, 0.1) is 24.0 Å². The summed E-state index contributed by atoms with van der Waals surface area (Å²) >= 11 is 1.53. The first-order chi connectivity index (χ1) is 13.8. The van der Waals surface area contributed by atoms with E-state index in [0.29, 0.717) is 30.2 Å². The summed E-state index contributed by atoms with van der Waals surface area (Å²) in [4.78, 5) is 19.2. The number of carbonyl (C=O) groups excluding carboxylic acids is 1. The van der Waals surface area contributed by atoms with Crippen LogP contribution in [-0.4, -0.2) is 10.9 Å². The maximum Gasteiger partial charge on any atom is 0.258 e. The lowest BCUT2D eigenvalue weighted by atomic mass is 10.1. The zero-order valence-corrected chi connectivity index (χ0v) is 15.8. The Balaban J connectivity index is 1.56. The van der Waals surface area contributed by atoms with Crippen LogP contribution >= 0.6 is 11.3 Å². The van der Waals surface area contributed by atoms with Crippen molar-refractivity contribution in [1.82, 2.24) is 4.98 Å². The summed E-state index contributed by atoms with van der Waals surface area (Å²) in [5.74, 6) is 1.22. The fourth-order valence-electron chi connectivity index (χ4n) is 2.79. The molecule has 0 N–H and O–H groups in total. The molecule has 6 heteroatoms. The second-order valence-corrected chi connectivity index (χ2v) is 6.82. The number of para-hydroxylation sites is 1. The van der Waals surface area contributed by atoms with E-state index in [-0.39, 0.29) is 5.91 Å². The number of carbonyl (C=O) groups is 1. The number of hydrogen-bond donors (Lipinski definition) is 0. The van der Waals surface area contributed by atoms with Gasteiger partial charge < -0.3 is 14.1 Å². The molecule has 1 amide bonds. The molecule has 0 fully saturated rings. The smallest absolute Gasteiger partial charge is 0.258 e. The Labute approximate surface area is 166 Å². The number of furan rings is 1. The van der Waals surface area contributed by atoms with Crippen LogP contribution in [0, 0.1) is 0 Å². The van der Waals surface area contributed by atoms with Crippen molar-refractivity contribution in [3.63, 3.8) is 0 Å². The predicted octanol–water partition coefficient (Wildman–Crippen LogP) is 5.16. The quantitative estimate of drug-likeness (QED) is 0.437. The van der Waals surface area contributed by atoms with Gasteiger partial charge in [-0.2, -0.15) is 0 Å².